The molecule has 0 fully saturated rings. The largest absolute Gasteiger partial charge is 0.480 e. The molecule has 0 spiro atoms. The van der Waals surface area contributed by atoms with Crippen molar-refractivity contribution in [2.24, 2.45) is 0 Å². The van der Waals surface area contributed by atoms with Crippen molar-refractivity contribution >= 4 is 27.8 Å². The van der Waals surface area contributed by atoms with E-state index in [0.717, 1.165) is 4.57 Å². The van der Waals surface area contributed by atoms with Gasteiger partial charge in [-0.3, -0.25) is 9.59 Å². The van der Waals surface area contributed by atoms with Crippen LogP contribution in [-0.4, -0.2) is 38.8 Å². The lowest BCUT2D eigenvalue weighted by atomic mass is 10.2. The van der Waals surface area contributed by atoms with E-state index in [1.54, 1.807) is 0 Å². The number of carbonyl (C=O) groups excluding carboxylic acids is 1. The molecule has 0 saturated carbocycles. The van der Waals surface area contributed by atoms with Crippen LogP contribution in [0.15, 0.2) is 27.6 Å². The second kappa shape index (κ2) is 6.48. The van der Waals surface area contributed by atoms with Crippen LogP contribution in [0.3, 0.4) is 0 Å². The number of nitrogens with one attached hydrogen (secondary N) is 1. The summed E-state index contributed by atoms with van der Waals surface area (Å²) in [6, 6.07) is 1.41. The molecule has 0 aliphatic rings. The minimum atomic E-state index is -1.41. The van der Waals surface area contributed by atoms with Crippen LogP contribution in [0.25, 0.3) is 0 Å². The normalized spacial score (nSPS) is 13.6. The average molecular weight is 333 g/mol. The van der Waals surface area contributed by atoms with E-state index < -0.39 is 24.0 Å². The maximum Gasteiger partial charge on any atom is 0.328 e. The summed E-state index contributed by atoms with van der Waals surface area (Å²) >= 11 is 3.16. The summed E-state index contributed by atoms with van der Waals surface area (Å²) in [6.45, 7) is 0.930. The fourth-order valence-electron chi connectivity index (χ4n) is 1.39. The van der Waals surface area contributed by atoms with Gasteiger partial charge in [0.15, 0.2) is 6.04 Å². The predicted octanol–water partition coefficient (Wildman–Crippen LogP) is -0.439. The van der Waals surface area contributed by atoms with Gasteiger partial charge in [-0.2, -0.15) is 0 Å². The quantitative estimate of drug-likeness (QED) is 0.677. The summed E-state index contributed by atoms with van der Waals surface area (Å²) in [4.78, 5) is 33.9. The topological polar surface area (TPSA) is 109 Å². The third kappa shape index (κ3) is 4.49. The number of carbonyl (C=O) groups is 2. The molecule has 1 amide bonds. The van der Waals surface area contributed by atoms with Crippen LogP contribution in [-0.2, 0) is 16.1 Å². The number of aliphatic hydroxyl groups is 1. The highest BCUT2D eigenvalue weighted by Crippen LogP contribution is 2.04. The highest BCUT2D eigenvalue weighted by atomic mass is 79.9. The zero-order valence-corrected chi connectivity index (χ0v) is 11.6. The molecule has 7 nitrogen and oxygen atoms in total. The zero-order valence-electron chi connectivity index (χ0n) is 10.0. The van der Waals surface area contributed by atoms with Gasteiger partial charge in [0.05, 0.1) is 6.10 Å². The third-order valence-electron chi connectivity index (χ3n) is 2.33. The maximum absolute atomic E-state index is 11.6. The third-order valence-corrected chi connectivity index (χ3v) is 2.80. The highest BCUT2D eigenvalue weighted by Gasteiger charge is 2.24. The molecule has 0 aliphatic heterocycles. The van der Waals surface area contributed by atoms with Crippen molar-refractivity contribution in [2.75, 3.05) is 0 Å². The van der Waals surface area contributed by atoms with Crippen LogP contribution in [0.2, 0.25) is 0 Å². The van der Waals surface area contributed by atoms with E-state index in [9.17, 15) is 19.5 Å². The fourth-order valence-corrected chi connectivity index (χ4v) is 1.77. The van der Waals surface area contributed by atoms with Crippen LogP contribution in [0.4, 0.5) is 0 Å². The summed E-state index contributed by atoms with van der Waals surface area (Å²) in [5.41, 5.74) is -0.387. The molecule has 0 bridgehead atoms. The number of carboxylic acid groups (broad SMARTS) is 1. The molecule has 1 rings (SSSR count). The number of hydrogen-bond donors (Lipinski definition) is 3. The molecule has 104 valence electrons. The lowest BCUT2D eigenvalue weighted by molar-refractivity contribution is -0.144. The smallest absolute Gasteiger partial charge is 0.328 e. The Hall–Kier alpha value is -1.67. The number of rotatable bonds is 5. The van der Waals surface area contributed by atoms with E-state index in [1.807, 2.05) is 0 Å². The van der Waals surface area contributed by atoms with E-state index in [0.29, 0.717) is 4.47 Å². The maximum atomic E-state index is 11.6. The SMILES string of the molecule is CC(O)C(NC(=O)Cn1cc(Br)ccc1=O)C(=O)O. The molecule has 8 heteroatoms. The van der Waals surface area contributed by atoms with Gasteiger partial charge in [-0.1, -0.05) is 0 Å². The average Bonchev–Trinajstić information content (AvgIpc) is 2.30. The number of amides is 1. The lowest BCUT2D eigenvalue weighted by Crippen LogP contribution is -2.49. The van der Waals surface area contributed by atoms with Crippen molar-refractivity contribution < 1.29 is 19.8 Å². The molecule has 0 saturated heterocycles. The lowest BCUT2D eigenvalue weighted by Gasteiger charge is -2.17. The Morgan fingerprint density at radius 3 is 2.63 bits per heavy atom. The van der Waals surface area contributed by atoms with Gasteiger partial charge in [-0.25, -0.2) is 4.79 Å². The molecule has 19 heavy (non-hydrogen) atoms. The Labute approximate surface area is 117 Å². The number of pyridine rings is 1. The van der Waals surface area contributed by atoms with Crippen LogP contribution in [0.1, 0.15) is 6.92 Å². The predicted molar refractivity (Wildman–Crippen MR) is 69.6 cm³/mol. The second-order valence-electron chi connectivity index (χ2n) is 3.94. The van der Waals surface area contributed by atoms with E-state index >= 15 is 0 Å². The van der Waals surface area contributed by atoms with Crippen molar-refractivity contribution in [3.8, 4) is 0 Å². The van der Waals surface area contributed by atoms with Crippen molar-refractivity contribution in [1.82, 2.24) is 9.88 Å². The van der Waals surface area contributed by atoms with E-state index in [1.165, 1.54) is 25.3 Å². The zero-order chi connectivity index (χ0) is 14.6. The van der Waals surface area contributed by atoms with Crippen LogP contribution in [0.5, 0.6) is 0 Å². The van der Waals surface area contributed by atoms with Crippen molar-refractivity contribution in [3.05, 3.63) is 33.2 Å². The van der Waals surface area contributed by atoms with E-state index in [4.69, 9.17) is 5.11 Å². The summed E-state index contributed by atoms with van der Waals surface area (Å²) in [5, 5.41) is 20.2. The highest BCUT2D eigenvalue weighted by molar-refractivity contribution is 9.10. The Kier molecular flexibility index (Phi) is 5.25. The van der Waals surface area contributed by atoms with Gasteiger partial charge in [0, 0.05) is 16.7 Å². The number of aromatic nitrogens is 1. The molecule has 1 aromatic rings. The van der Waals surface area contributed by atoms with Gasteiger partial charge in [0.2, 0.25) is 5.91 Å². The molecule has 3 N–H and O–H groups in total. The minimum Gasteiger partial charge on any atom is -0.480 e. The summed E-state index contributed by atoms with van der Waals surface area (Å²) < 4.78 is 1.74. The van der Waals surface area contributed by atoms with Gasteiger partial charge in [-0.05, 0) is 28.9 Å². The molecule has 0 aliphatic carbocycles. The summed E-state index contributed by atoms with van der Waals surface area (Å²) in [7, 11) is 0. The number of aliphatic carboxylic acids is 1. The Bertz CT molecular complexity index is 540. The Morgan fingerprint density at radius 1 is 1.47 bits per heavy atom. The monoisotopic (exact) mass is 332 g/mol. The molecule has 0 aromatic carbocycles. The first-order chi connectivity index (χ1) is 8.81. The molecule has 1 heterocycles. The van der Waals surface area contributed by atoms with Gasteiger partial charge in [-0.15, -0.1) is 0 Å². The molecule has 2 unspecified atom stereocenters. The first-order valence-electron chi connectivity index (χ1n) is 5.37. The molecular weight excluding hydrogens is 320 g/mol. The number of nitrogens with zero attached hydrogens (tertiary/aromatic N) is 1. The van der Waals surface area contributed by atoms with Gasteiger partial charge < -0.3 is 20.1 Å². The van der Waals surface area contributed by atoms with Gasteiger partial charge >= 0.3 is 5.97 Å². The standard InChI is InChI=1S/C11H13BrN2O5/c1-6(15)10(11(18)19)13-8(16)5-14-4-7(12)2-3-9(14)17/h2-4,6,10,15H,5H2,1H3,(H,13,16)(H,18,19). The van der Waals surface area contributed by atoms with Crippen LogP contribution >= 0.6 is 15.9 Å². The number of carboxylic acids is 1. The number of hydrogen-bond acceptors (Lipinski definition) is 4. The van der Waals surface area contributed by atoms with Crippen molar-refractivity contribution in [1.29, 1.82) is 0 Å². The van der Waals surface area contributed by atoms with Gasteiger partial charge in [0.1, 0.15) is 6.54 Å². The van der Waals surface area contributed by atoms with Crippen LogP contribution < -0.4 is 10.9 Å². The Morgan fingerprint density at radius 2 is 2.11 bits per heavy atom. The van der Waals surface area contributed by atoms with E-state index in [2.05, 4.69) is 21.2 Å². The number of aliphatic hydroxyl groups excluding tert-OH is 1. The van der Waals surface area contributed by atoms with Crippen LogP contribution in [0, 0.1) is 0 Å². The molecule has 0 radical (unpaired) electrons. The molecule has 2 atom stereocenters. The van der Waals surface area contributed by atoms with Crippen molar-refractivity contribution in [2.45, 2.75) is 25.6 Å². The van der Waals surface area contributed by atoms with E-state index in [-0.39, 0.29) is 12.1 Å². The first-order valence-corrected chi connectivity index (χ1v) is 6.17. The molecular formula is C11H13BrN2O5. The van der Waals surface area contributed by atoms with Crippen molar-refractivity contribution in [3.63, 3.8) is 0 Å². The summed E-state index contributed by atoms with van der Waals surface area (Å²) in [5.74, 6) is -2.02. The summed E-state index contributed by atoms with van der Waals surface area (Å²) in [6.07, 6.45) is 0.181. The Balaban J connectivity index is 2.77. The molecule has 1 aromatic heterocycles. The second-order valence-corrected chi connectivity index (χ2v) is 4.85. The number of halogens is 1. The van der Waals surface area contributed by atoms with Gasteiger partial charge in [0.25, 0.3) is 5.56 Å². The minimum absolute atomic E-state index is 0.325. The first kappa shape index (κ1) is 15.4. The fraction of sp³-hybridized carbons (Fsp3) is 0.364.